The van der Waals surface area contributed by atoms with Gasteiger partial charge in [-0.05, 0) is 63.7 Å². The number of hydrogen-bond donors (Lipinski definition) is 2. The van der Waals surface area contributed by atoms with Crippen molar-refractivity contribution < 1.29 is 4.74 Å². The molecular formula is C14H24N2O. The molecule has 0 aromatic carbocycles. The van der Waals surface area contributed by atoms with Gasteiger partial charge in [0.25, 0.3) is 0 Å². The topological polar surface area (TPSA) is 37.0 Å². The molecule has 1 aromatic heterocycles. The third kappa shape index (κ3) is 4.17. The summed E-state index contributed by atoms with van der Waals surface area (Å²) in [7, 11) is 0. The van der Waals surface area contributed by atoms with Gasteiger partial charge in [0.15, 0.2) is 0 Å². The van der Waals surface area contributed by atoms with Crippen molar-refractivity contribution in [2.45, 2.75) is 38.7 Å². The summed E-state index contributed by atoms with van der Waals surface area (Å²) < 4.78 is 5.83. The zero-order chi connectivity index (χ0) is 11.9. The molecule has 0 aliphatic carbocycles. The highest BCUT2D eigenvalue weighted by atomic mass is 16.5. The van der Waals surface area contributed by atoms with E-state index in [0.717, 1.165) is 12.5 Å². The van der Waals surface area contributed by atoms with Crippen molar-refractivity contribution in [2.24, 2.45) is 5.92 Å². The molecule has 0 saturated carbocycles. The van der Waals surface area contributed by atoms with Gasteiger partial charge in [-0.25, -0.2) is 0 Å². The molecule has 2 rings (SSSR count). The molecule has 3 heteroatoms. The second kappa shape index (κ2) is 6.82. The van der Waals surface area contributed by atoms with Gasteiger partial charge in [0.2, 0.25) is 0 Å². The first kappa shape index (κ1) is 12.7. The highest BCUT2D eigenvalue weighted by Crippen LogP contribution is 2.19. The van der Waals surface area contributed by atoms with Crippen LogP contribution in [0.4, 0.5) is 0 Å². The second-order valence-electron chi connectivity index (χ2n) is 4.97. The summed E-state index contributed by atoms with van der Waals surface area (Å²) in [6.45, 7) is 5.38. The molecule has 1 aliphatic heterocycles. The van der Waals surface area contributed by atoms with Gasteiger partial charge in [-0.15, -0.1) is 0 Å². The van der Waals surface area contributed by atoms with Crippen LogP contribution in [0, 0.1) is 5.92 Å². The molecule has 0 amide bonds. The van der Waals surface area contributed by atoms with E-state index >= 15 is 0 Å². The summed E-state index contributed by atoms with van der Waals surface area (Å²) in [5.41, 5.74) is 1.17. The van der Waals surface area contributed by atoms with E-state index in [9.17, 15) is 0 Å². The summed E-state index contributed by atoms with van der Waals surface area (Å²) in [6.07, 6.45) is 7.33. The van der Waals surface area contributed by atoms with E-state index in [4.69, 9.17) is 4.74 Å². The maximum Gasteiger partial charge on any atom is 0.0944 e. The zero-order valence-electron chi connectivity index (χ0n) is 10.7. The van der Waals surface area contributed by atoms with Crippen molar-refractivity contribution in [3.8, 4) is 0 Å². The number of rotatable bonds is 6. The molecule has 0 bridgehead atoms. The molecule has 17 heavy (non-hydrogen) atoms. The van der Waals surface area contributed by atoms with Gasteiger partial charge in [-0.2, -0.15) is 0 Å². The van der Waals surface area contributed by atoms with Crippen molar-refractivity contribution in [1.29, 1.82) is 0 Å². The SMILES string of the molecule is CC(OCCCC1CCNCC1)c1ccc[nH]1. The average molecular weight is 236 g/mol. The van der Waals surface area contributed by atoms with Crippen LogP contribution in [0.2, 0.25) is 0 Å². The first-order valence-electron chi connectivity index (χ1n) is 6.82. The van der Waals surface area contributed by atoms with Gasteiger partial charge in [0.1, 0.15) is 0 Å². The summed E-state index contributed by atoms with van der Waals surface area (Å²) in [4.78, 5) is 3.19. The molecule has 2 heterocycles. The Hall–Kier alpha value is -0.800. The van der Waals surface area contributed by atoms with E-state index in [1.165, 1.54) is 44.5 Å². The van der Waals surface area contributed by atoms with Crippen LogP contribution >= 0.6 is 0 Å². The van der Waals surface area contributed by atoms with Crippen LogP contribution in [0.25, 0.3) is 0 Å². The minimum Gasteiger partial charge on any atom is -0.372 e. The van der Waals surface area contributed by atoms with Gasteiger partial charge in [0.05, 0.1) is 6.10 Å². The molecule has 0 radical (unpaired) electrons. The maximum absolute atomic E-state index is 5.83. The van der Waals surface area contributed by atoms with Crippen LogP contribution in [0.15, 0.2) is 18.3 Å². The molecule has 1 unspecified atom stereocenters. The molecule has 96 valence electrons. The smallest absolute Gasteiger partial charge is 0.0944 e. The summed E-state index contributed by atoms with van der Waals surface area (Å²) in [5.74, 6) is 0.917. The van der Waals surface area contributed by atoms with Crippen LogP contribution in [-0.2, 0) is 4.74 Å². The zero-order valence-corrected chi connectivity index (χ0v) is 10.7. The van der Waals surface area contributed by atoms with Crippen LogP contribution < -0.4 is 5.32 Å². The van der Waals surface area contributed by atoms with Crippen LogP contribution in [0.5, 0.6) is 0 Å². The fourth-order valence-corrected chi connectivity index (χ4v) is 2.49. The minimum atomic E-state index is 0.193. The largest absolute Gasteiger partial charge is 0.372 e. The number of piperidine rings is 1. The molecule has 1 atom stereocenters. The van der Waals surface area contributed by atoms with Crippen molar-refractivity contribution >= 4 is 0 Å². The molecule has 1 aliphatic rings. The average Bonchev–Trinajstić information content (AvgIpc) is 2.89. The van der Waals surface area contributed by atoms with Gasteiger partial charge >= 0.3 is 0 Å². The summed E-state index contributed by atoms with van der Waals surface area (Å²) >= 11 is 0. The van der Waals surface area contributed by atoms with Gasteiger partial charge in [-0.3, -0.25) is 0 Å². The van der Waals surface area contributed by atoms with Crippen molar-refractivity contribution in [3.63, 3.8) is 0 Å². The van der Waals surface area contributed by atoms with Crippen LogP contribution in [-0.4, -0.2) is 24.7 Å². The number of H-pyrrole nitrogens is 1. The molecule has 3 nitrogen and oxygen atoms in total. The van der Waals surface area contributed by atoms with E-state index in [1.54, 1.807) is 0 Å². The van der Waals surface area contributed by atoms with Crippen LogP contribution in [0.3, 0.4) is 0 Å². The number of nitrogens with one attached hydrogen (secondary N) is 2. The van der Waals surface area contributed by atoms with Crippen LogP contribution in [0.1, 0.15) is 44.4 Å². The van der Waals surface area contributed by atoms with E-state index in [1.807, 2.05) is 12.3 Å². The molecule has 2 N–H and O–H groups in total. The van der Waals surface area contributed by atoms with Gasteiger partial charge in [0, 0.05) is 18.5 Å². The van der Waals surface area contributed by atoms with Gasteiger partial charge < -0.3 is 15.0 Å². The minimum absolute atomic E-state index is 0.193. The Bertz CT molecular complexity index is 291. The highest BCUT2D eigenvalue weighted by Gasteiger charge is 2.12. The summed E-state index contributed by atoms with van der Waals surface area (Å²) in [5, 5.41) is 3.41. The third-order valence-electron chi connectivity index (χ3n) is 3.64. The Kier molecular flexibility index (Phi) is 5.08. The molecule has 1 aromatic rings. The Labute approximate surface area is 104 Å². The molecule has 1 fully saturated rings. The van der Waals surface area contributed by atoms with E-state index < -0.39 is 0 Å². The van der Waals surface area contributed by atoms with E-state index in [-0.39, 0.29) is 6.10 Å². The first-order valence-corrected chi connectivity index (χ1v) is 6.82. The first-order chi connectivity index (χ1) is 8.36. The lowest BCUT2D eigenvalue weighted by molar-refractivity contribution is 0.0576. The Morgan fingerprint density at radius 3 is 2.94 bits per heavy atom. The lowest BCUT2D eigenvalue weighted by Gasteiger charge is -2.22. The third-order valence-corrected chi connectivity index (χ3v) is 3.64. The normalized spacial score (nSPS) is 19.4. The van der Waals surface area contributed by atoms with Gasteiger partial charge in [-0.1, -0.05) is 0 Å². The lowest BCUT2D eigenvalue weighted by Crippen LogP contribution is -2.27. The monoisotopic (exact) mass is 236 g/mol. The number of aromatic amines is 1. The highest BCUT2D eigenvalue weighted by molar-refractivity contribution is 5.06. The molecule has 0 spiro atoms. The van der Waals surface area contributed by atoms with Crippen molar-refractivity contribution in [1.82, 2.24) is 10.3 Å². The van der Waals surface area contributed by atoms with E-state index in [0.29, 0.717) is 0 Å². The Morgan fingerprint density at radius 1 is 1.41 bits per heavy atom. The lowest BCUT2D eigenvalue weighted by atomic mass is 9.93. The Balaban J connectivity index is 1.56. The predicted octanol–water partition coefficient (Wildman–Crippen LogP) is 2.87. The van der Waals surface area contributed by atoms with E-state index in [2.05, 4.69) is 23.3 Å². The Morgan fingerprint density at radius 2 is 2.24 bits per heavy atom. The predicted molar refractivity (Wildman–Crippen MR) is 70.0 cm³/mol. The maximum atomic E-state index is 5.83. The standard InChI is InChI=1S/C14H24N2O/c1-12(14-5-2-8-16-14)17-11-3-4-13-6-9-15-10-7-13/h2,5,8,12-13,15-16H,3-4,6-7,9-11H2,1H3. The number of aromatic nitrogens is 1. The number of hydrogen-bond acceptors (Lipinski definition) is 2. The second-order valence-corrected chi connectivity index (χ2v) is 4.97. The quantitative estimate of drug-likeness (QED) is 0.745. The molecule has 1 saturated heterocycles. The van der Waals surface area contributed by atoms with Crippen molar-refractivity contribution in [3.05, 3.63) is 24.0 Å². The number of ether oxygens (including phenoxy) is 1. The molecular weight excluding hydrogens is 212 g/mol. The van der Waals surface area contributed by atoms with Crippen molar-refractivity contribution in [2.75, 3.05) is 19.7 Å². The fraction of sp³-hybridized carbons (Fsp3) is 0.714. The fourth-order valence-electron chi connectivity index (χ4n) is 2.49. The summed E-state index contributed by atoms with van der Waals surface area (Å²) in [6, 6.07) is 4.10.